The minimum Gasteiger partial charge on any atom is -0.345 e. The van der Waals surface area contributed by atoms with Crippen molar-refractivity contribution >= 4 is 39.0 Å². The van der Waals surface area contributed by atoms with Crippen molar-refractivity contribution < 1.29 is 4.79 Å². The first-order valence-electron chi connectivity index (χ1n) is 7.92. The second-order valence-corrected chi connectivity index (χ2v) is 7.63. The Balaban J connectivity index is 1.89. The van der Waals surface area contributed by atoms with E-state index in [1.165, 1.54) is 16.7 Å². The van der Waals surface area contributed by atoms with Crippen LogP contribution in [0.4, 0.5) is 0 Å². The molecular weight excluding hydrogens is 386 g/mol. The Labute approximate surface area is 156 Å². The van der Waals surface area contributed by atoms with Crippen LogP contribution in [0.3, 0.4) is 0 Å². The van der Waals surface area contributed by atoms with Crippen LogP contribution in [0.25, 0.3) is 5.57 Å². The minimum absolute atomic E-state index is 0.0854. The molecule has 0 aliphatic heterocycles. The van der Waals surface area contributed by atoms with Gasteiger partial charge < -0.3 is 4.90 Å². The van der Waals surface area contributed by atoms with Gasteiger partial charge in [-0.25, -0.2) is 0 Å². The molecule has 0 heterocycles. The average molecular weight is 405 g/mol. The Morgan fingerprint density at radius 2 is 1.83 bits per heavy atom. The molecular formula is C20H19BrClNO. The van der Waals surface area contributed by atoms with E-state index >= 15 is 0 Å². The predicted octanol–water partition coefficient (Wildman–Crippen LogP) is 5.13. The maximum Gasteiger partial charge on any atom is 0.253 e. The minimum atomic E-state index is 0.0854. The Kier molecular flexibility index (Phi) is 5.12. The number of likely N-dealkylation sites (N-methyl/N-ethyl adjacent to an activating group) is 1. The molecule has 3 rings (SSSR count). The Morgan fingerprint density at radius 1 is 1.12 bits per heavy atom. The van der Waals surface area contributed by atoms with Crippen molar-refractivity contribution in [3.8, 4) is 0 Å². The number of benzene rings is 2. The number of fused-ring (bicyclic) bond motifs is 1. The van der Waals surface area contributed by atoms with Gasteiger partial charge in [0, 0.05) is 29.2 Å². The van der Waals surface area contributed by atoms with Crippen LogP contribution in [0.2, 0.25) is 5.02 Å². The zero-order chi connectivity index (χ0) is 17.3. The van der Waals surface area contributed by atoms with E-state index in [4.69, 9.17) is 11.6 Å². The van der Waals surface area contributed by atoms with Gasteiger partial charge in [0.25, 0.3) is 5.91 Å². The first kappa shape index (κ1) is 17.2. The van der Waals surface area contributed by atoms with Crippen LogP contribution in [0.15, 0.2) is 52.5 Å². The number of carbonyl (C=O) groups excluding carboxylic acids is 1. The fourth-order valence-corrected chi connectivity index (χ4v) is 3.65. The van der Waals surface area contributed by atoms with Crippen molar-refractivity contribution in [2.75, 3.05) is 14.1 Å². The Morgan fingerprint density at radius 3 is 2.50 bits per heavy atom. The molecule has 4 heteroatoms. The number of halogens is 2. The number of hydrogen-bond acceptors (Lipinski definition) is 1. The molecule has 124 valence electrons. The highest BCUT2D eigenvalue weighted by molar-refractivity contribution is 9.10. The number of carbonyl (C=O) groups is 1. The smallest absolute Gasteiger partial charge is 0.253 e. The lowest BCUT2D eigenvalue weighted by molar-refractivity contribution is -0.122. The molecule has 0 fully saturated rings. The maximum absolute atomic E-state index is 12.7. The van der Waals surface area contributed by atoms with Gasteiger partial charge in [0.2, 0.25) is 0 Å². The largest absolute Gasteiger partial charge is 0.345 e. The molecule has 0 unspecified atom stereocenters. The average Bonchev–Trinajstić information content (AvgIpc) is 2.90. The van der Waals surface area contributed by atoms with Crippen molar-refractivity contribution in [3.63, 3.8) is 0 Å². The molecule has 1 aliphatic rings. The van der Waals surface area contributed by atoms with E-state index < -0.39 is 0 Å². The van der Waals surface area contributed by atoms with Crippen molar-refractivity contribution in [1.82, 2.24) is 4.90 Å². The van der Waals surface area contributed by atoms with Crippen LogP contribution in [-0.4, -0.2) is 24.9 Å². The quantitative estimate of drug-likeness (QED) is 0.691. The van der Waals surface area contributed by atoms with E-state index in [-0.39, 0.29) is 5.91 Å². The van der Waals surface area contributed by atoms with Gasteiger partial charge >= 0.3 is 0 Å². The molecule has 0 atom stereocenters. The van der Waals surface area contributed by atoms with Gasteiger partial charge in [0.05, 0.1) is 0 Å². The van der Waals surface area contributed by atoms with Gasteiger partial charge in [-0.2, -0.15) is 0 Å². The molecule has 0 spiro atoms. The Bertz CT molecular complexity index is 809. The molecule has 24 heavy (non-hydrogen) atoms. The molecule has 0 saturated carbocycles. The summed E-state index contributed by atoms with van der Waals surface area (Å²) in [5.41, 5.74) is 5.62. The van der Waals surface area contributed by atoms with Crippen LogP contribution < -0.4 is 0 Å². The summed E-state index contributed by atoms with van der Waals surface area (Å²) in [7, 11) is 3.62. The van der Waals surface area contributed by atoms with Gasteiger partial charge in [-0.3, -0.25) is 4.79 Å². The maximum atomic E-state index is 12.7. The summed E-state index contributed by atoms with van der Waals surface area (Å²) >= 11 is 9.48. The van der Waals surface area contributed by atoms with E-state index in [1.54, 1.807) is 4.90 Å². The summed E-state index contributed by atoms with van der Waals surface area (Å²) in [4.78, 5) is 14.4. The number of rotatable bonds is 4. The number of hydrogen-bond donors (Lipinski definition) is 0. The molecule has 0 saturated heterocycles. The molecule has 0 bridgehead atoms. The molecule has 0 radical (unpaired) electrons. The second kappa shape index (κ2) is 7.12. The van der Waals surface area contributed by atoms with E-state index in [0.717, 1.165) is 39.9 Å². The first-order valence-corrected chi connectivity index (χ1v) is 9.09. The molecule has 0 N–H and O–H groups in total. The number of amides is 1. The normalized spacial score (nSPS) is 13.2. The summed E-state index contributed by atoms with van der Waals surface area (Å²) < 4.78 is 1.05. The molecule has 1 aliphatic carbocycles. The highest BCUT2D eigenvalue weighted by Crippen LogP contribution is 2.37. The summed E-state index contributed by atoms with van der Waals surface area (Å²) in [6.07, 6.45) is 2.63. The van der Waals surface area contributed by atoms with Crippen LogP contribution in [0.5, 0.6) is 0 Å². The van der Waals surface area contributed by atoms with Crippen LogP contribution in [0, 0.1) is 0 Å². The lowest BCUT2D eigenvalue weighted by Crippen LogP contribution is -2.23. The number of aryl methyl sites for hydroxylation is 1. The number of nitrogens with zero attached hydrogens (tertiary/aromatic N) is 1. The van der Waals surface area contributed by atoms with Gasteiger partial charge in [0.1, 0.15) is 0 Å². The third-order valence-electron chi connectivity index (χ3n) is 4.34. The lowest BCUT2D eigenvalue weighted by Gasteiger charge is -2.14. The van der Waals surface area contributed by atoms with E-state index in [0.29, 0.717) is 0 Å². The van der Waals surface area contributed by atoms with Crippen LogP contribution in [0.1, 0.15) is 23.1 Å². The van der Waals surface area contributed by atoms with E-state index in [2.05, 4.69) is 34.1 Å². The first-order chi connectivity index (χ1) is 11.5. The number of allylic oxidation sites excluding steroid dienone is 1. The molecule has 2 aromatic rings. The van der Waals surface area contributed by atoms with Gasteiger partial charge in [-0.1, -0.05) is 51.3 Å². The van der Waals surface area contributed by atoms with Crippen molar-refractivity contribution in [1.29, 1.82) is 0 Å². The highest BCUT2D eigenvalue weighted by Gasteiger charge is 2.27. The zero-order valence-electron chi connectivity index (χ0n) is 13.8. The topological polar surface area (TPSA) is 20.3 Å². The summed E-state index contributed by atoms with van der Waals surface area (Å²) in [5, 5.41) is 0.750. The van der Waals surface area contributed by atoms with Crippen LogP contribution >= 0.6 is 27.5 Å². The SMILES string of the molecule is CN(C)C(=O)C1=C(CCc2ccc(Cl)cc2)Cc2cc(Br)ccc21. The predicted molar refractivity (Wildman–Crippen MR) is 103 cm³/mol. The van der Waals surface area contributed by atoms with Gasteiger partial charge in [-0.05, 0) is 60.2 Å². The van der Waals surface area contributed by atoms with Crippen molar-refractivity contribution in [2.45, 2.75) is 19.3 Å². The van der Waals surface area contributed by atoms with E-state index in [1.807, 2.05) is 38.4 Å². The zero-order valence-corrected chi connectivity index (χ0v) is 16.1. The second-order valence-electron chi connectivity index (χ2n) is 6.28. The van der Waals surface area contributed by atoms with Crippen molar-refractivity contribution in [2.24, 2.45) is 0 Å². The molecule has 1 amide bonds. The molecule has 2 aromatic carbocycles. The molecule has 2 nitrogen and oxygen atoms in total. The van der Waals surface area contributed by atoms with E-state index in [9.17, 15) is 4.79 Å². The highest BCUT2D eigenvalue weighted by atomic mass is 79.9. The lowest BCUT2D eigenvalue weighted by atomic mass is 9.99. The Hall–Kier alpha value is -1.58. The van der Waals surface area contributed by atoms with Gasteiger partial charge in [0.15, 0.2) is 0 Å². The van der Waals surface area contributed by atoms with Crippen molar-refractivity contribution in [3.05, 3.63) is 74.2 Å². The molecule has 0 aromatic heterocycles. The summed E-state index contributed by atoms with van der Waals surface area (Å²) in [6.45, 7) is 0. The fraction of sp³-hybridized carbons (Fsp3) is 0.250. The third kappa shape index (κ3) is 3.57. The monoisotopic (exact) mass is 403 g/mol. The van der Waals surface area contributed by atoms with Crippen LogP contribution in [-0.2, 0) is 17.6 Å². The summed E-state index contributed by atoms with van der Waals surface area (Å²) in [6, 6.07) is 14.1. The van der Waals surface area contributed by atoms with Gasteiger partial charge in [-0.15, -0.1) is 0 Å². The standard InChI is InChI=1S/C20H19BrClNO/c1-23(2)20(24)19-14(6-3-13-4-8-17(22)9-5-13)11-15-12-16(21)7-10-18(15)19/h4-5,7-10,12H,3,6,11H2,1-2H3. The summed E-state index contributed by atoms with van der Waals surface area (Å²) in [5.74, 6) is 0.0854. The third-order valence-corrected chi connectivity index (χ3v) is 5.09. The fourth-order valence-electron chi connectivity index (χ4n) is 3.11.